The zero-order chi connectivity index (χ0) is 22.8. The van der Waals surface area contributed by atoms with Crippen molar-refractivity contribution >= 4 is 33.4 Å². The molecule has 0 radical (unpaired) electrons. The lowest BCUT2D eigenvalue weighted by atomic mass is 10.1. The number of carbonyl (C=O) groups excluding carboxylic acids is 2. The molecule has 0 atom stereocenters. The van der Waals surface area contributed by atoms with Gasteiger partial charge in [0.2, 0.25) is 0 Å². The maximum atomic E-state index is 13.1. The predicted molar refractivity (Wildman–Crippen MR) is 128 cm³/mol. The van der Waals surface area contributed by atoms with Crippen LogP contribution in [0.25, 0.3) is 0 Å². The summed E-state index contributed by atoms with van der Waals surface area (Å²) in [5.41, 5.74) is 2.33. The standard InChI is InChI=1S/C25H25BrN2O4/c1-31-16-14-27-24(29)20-9-5-6-10-22(20)28-25(30)21-17-19(26)11-12-23(21)32-15-13-18-7-3-2-4-8-18/h2-12,17H,13-16H2,1H3,(H,27,29)(H,28,30). The number of hydrogen-bond donors (Lipinski definition) is 2. The van der Waals surface area contributed by atoms with Gasteiger partial charge in [0.15, 0.2) is 0 Å². The molecule has 0 bridgehead atoms. The van der Waals surface area contributed by atoms with Gasteiger partial charge in [0.1, 0.15) is 5.75 Å². The molecule has 0 aromatic heterocycles. The minimum atomic E-state index is -0.363. The predicted octanol–water partition coefficient (Wildman–Crippen LogP) is 4.70. The van der Waals surface area contributed by atoms with Crippen LogP contribution in [0, 0.1) is 0 Å². The Kier molecular flexibility index (Phi) is 8.83. The van der Waals surface area contributed by atoms with Crippen molar-refractivity contribution in [2.45, 2.75) is 6.42 Å². The van der Waals surface area contributed by atoms with Crippen molar-refractivity contribution in [3.63, 3.8) is 0 Å². The Morgan fingerprint density at radius 3 is 2.41 bits per heavy atom. The van der Waals surface area contributed by atoms with Crippen LogP contribution < -0.4 is 15.4 Å². The van der Waals surface area contributed by atoms with E-state index in [2.05, 4.69) is 26.6 Å². The van der Waals surface area contributed by atoms with Crippen molar-refractivity contribution in [3.05, 3.63) is 94.0 Å². The number of nitrogens with one attached hydrogen (secondary N) is 2. The number of ether oxygens (including phenoxy) is 2. The molecule has 0 aliphatic rings. The van der Waals surface area contributed by atoms with E-state index in [1.54, 1.807) is 43.5 Å². The summed E-state index contributed by atoms with van der Waals surface area (Å²) in [6.45, 7) is 1.22. The Bertz CT molecular complexity index is 1060. The van der Waals surface area contributed by atoms with Gasteiger partial charge in [0, 0.05) is 24.5 Å². The van der Waals surface area contributed by atoms with Gasteiger partial charge in [-0.1, -0.05) is 58.4 Å². The molecule has 0 saturated carbocycles. The van der Waals surface area contributed by atoms with Crippen LogP contribution >= 0.6 is 15.9 Å². The first kappa shape index (κ1) is 23.5. The number of para-hydroxylation sites is 1. The lowest BCUT2D eigenvalue weighted by Crippen LogP contribution is -2.28. The van der Waals surface area contributed by atoms with E-state index in [9.17, 15) is 9.59 Å². The first-order valence-corrected chi connectivity index (χ1v) is 11.0. The van der Waals surface area contributed by atoms with E-state index in [-0.39, 0.29) is 11.8 Å². The number of amides is 2. The summed E-state index contributed by atoms with van der Waals surface area (Å²) >= 11 is 3.42. The van der Waals surface area contributed by atoms with Crippen molar-refractivity contribution in [2.24, 2.45) is 0 Å². The van der Waals surface area contributed by atoms with E-state index in [1.807, 2.05) is 36.4 Å². The first-order chi connectivity index (χ1) is 15.6. The average molecular weight is 497 g/mol. The molecule has 0 saturated heterocycles. The molecular weight excluding hydrogens is 472 g/mol. The molecule has 6 nitrogen and oxygen atoms in total. The molecule has 0 fully saturated rings. The fraction of sp³-hybridized carbons (Fsp3) is 0.200. The molecule has 0 aliphatic carbocycles. The second kappa shape index (κ2) is 12.0. The van der Waals surface area contributed by atoms with E-state index in [4.69, 9.17) is 9.47 Å². The highest BCUT2D eigenvalue weighted by Crippen LogP contribution is 2.25. The van der Waals surface area contributed by atoms with Crippen molar-refractivity contribution in [3.8, 4) is 5.75 Å². The second-order valence-electron chi connectivity index (χ2n) is 6.97. The molecule has 3 aromatic carbocycles. The summed E-state index contributed by atoms with van der Waals surface area (Å²) in [6, 6.07) is 22.2. The SMILES string of the molecule is COCCNC(=O)c1ccccc1NC(=O)c1cc(Br)ccc1OCCc1ccccc1. The summed E-state index contributed by atoms with van der Waals surface area (Å²) in [4.78, 5) is 25.6. The Morgan fingerprint density at radius 2 is 1.62 bits per heavy atom. The van der Waals surface area contributed by atoms with E-state index >= 15 is 0 Å². The second-order valence-corrected chi connectivity index (χ2v) is 7.89. The Hall–Kier alpha value is -3.16. The summed E-state index contributed by atoms with van der Waals surface area (Å²) in [6.07, 6.45) is 0.725. The largest absolute Gasteiger partial charge is 0.492 e. The smallest absolute Gasteiger partial charge is 0.259 e. The van der Waals surface area contributed by atoms with Crippen LogP contribution in [0.2, 0.25) is 0 Å². The Labute approximate surface area is 196 Å². The van der Waals surface area contributed by atoms with E-state index in [0.717, 1.165) is 16.5 Å². The van der Waals surface area contributed by atoms with Crippen LogP contribution in [0.5, 0.6) is 5.75 Å². The van der Waals surface area contributed by atoms with Gasteiger partial charge in [-0.3, -0.25) is 9.59 Å². The van der Waals surface area contributed by atoms with E-state index in [0.29, 0.717) is 42.3 Å². The first-order valence-electron chi connectivity index (χ1n) is 10.2. The maximum Gasteiger partial charge on any atom is 0.259 e. The van der Waals surface area contributed by atoms with Crippen LogP contribution in [0.15, 0.2) is 77.3 Å². The number of rotatable bonds is 10. The Morgan fingerprint density at radius 1 is 0.875 bits per heavy atom. The summed E-state index contributed by atoms with van der Waals surface area (Å²) in [5, 5.41) is 5.61. The normalized spacial score (nSPS) is 10.4. The molecule has 7 heteroatoms. The highest BCUT2D eigenvalue weighted by molar-refractivity contribution is 9.10. The quantitative estimate of drug-likeness (QED) is 0.399. The minimum absolute atomic E-state index is 0.286. The molecule has 0 heterocycles. The van der Waals surface area contributed by atoms with Gasteiger partial charge in [-0.15, -0.1) is 0 Å². The molecular formula is C25H25BrN2O4. The molecule has 0 unspecified atom stereocenters. The molecule has 166 valence electrons. The topological polar surface area (TPSA) is 76.7 Å². The van der Waals surface area contributed by atoms with Crippen LogP contribution in [0.1, 0.15) is 26.3 Å². The zero-order valence-electron chi connectivity index (χ0n) is 17.8. The lowest BCUT2D eigenvalue weighted by Gasteiger charge is -2.14. The summed E-state index contributed by atoms with van der Waals surface area (Å²) < 4.78 is 11.6. The number of halogens is 1. The maximum absolute atomic E-state index is 13.1. The summed E-state index contributed by atoms with van der Waals surface area (Å²) in [7, 11) is 1.57. The molecule has 32 heavy (non-hydrogen) atoms. The van der Waals surface area contributed by atoms with Gasteiger partial charge in [-0.2, -0.15) is 0 Å². The van der Waals surface area contributed by atoms with Gasteiger partial charge in [-0.25, -0.2) is 0 Å². The van der Waals surface area contributed by atoms with Crippen LogP contribution in [-0.2, 0) is 11.2 Å². The third-order valence-corrected chi connectivity index (χ3v) is 5.18. The number of methoxy groups -OCH3 is 1. The number of carbonyl (C=O) groups is 2. The molecule has 2 amide bonds. The van der Waals surface area contributed by atoms with Gasteiger partial charge in [0.05, 0.1) is 30.0 Å². The zero-order valence-corrected chi connectivity index (χ0v) is 19.4. The molecule has 0 aliphatic heterocycles. The third-order valence-electron chi connectivity index (χ3n) is 4.69. The fourth-order valence-electron chi connectivity index (χ4n) is 3.07. The van der Waals surface area contributed by atoms with Crippen LogP contribution in [-0.4, -0.2) is 38.7 Å². The average Bonchev–Trinajstić information content (AvgIpc) is 2.81. The van der Waals surface area contributed by atoms with E-state index in [1.165, 1.54) is 0 Å². The monoisotopic (exact) mass is 496 g/mol. The van der Waals surface area contributed by atoms with E-state index < -0.39 is 0 Å². The van der Waals surface area contributed by atoms with Crippen LogP contribution in [0.3, 0.4) is 0 Å². The van der Waals surface area contributed by atoms with Gasteiger partial charge in [-0.05, 0) is 35.9 Å². The fourth-order valence-corrected chi connectivity index (χ4v) is 3.43. The number of benzene rings is 3. The van der Waals surface area contributed by atoms with Crippen LogP contribution in [0.4, 0.5) is 5.69 Å². The lowest BCUT2D eigenvalue weighted by molar-refractivity contribution is 0.0938. The molecule has 0 spiro atoms. The highest BCUT2D eigenvalue weighted by atomic mass is 79.9. The minimum Gasteiger partial charge on any atom is -0.492 e. The van der Waals surface area contributed by atoms with Crippen molar-refractivity contribution in [1.29, 1.82) is 0 Å². The molecule has 3 rings (SSSR count). The highest BCUT2D eigenvalue weighted by Gasteiger charge is 2.17. The van der Waals surface area contributed by atoms with Crippen molar-refractivity contribution in [1.82, 2.24) is 5.32 Å². The number of hydrogen-bond acceptors (Lipinski definition) is 4. The van der Waals surface area contributed by atoms with Gasteiger partial charge >= 0.3 is 0 Å². The Balaban J connectivity index is 1.72. The third kappa shape index (κ3) is 6.67. The van der Waals surface area contributed by atoms with Gasteiger partial charge < -0.3 is 20.1 Å². The number of anilines is 1. The summed E-state index contributed by atoms with van der Waals surface area (Å²) in [5.74, 6) is -0.173. The van der Waals surface area contributed by atoms with Crippen molar-refractivity contribution in [2.75, 3.05) is 32.2 Å². The molecule has 3 aromatic rings. The van der Waals surface area contributed by atoms with Crippen molar-refractivity contribution < 1.29 is 19.1 Å². The van der Waals surface area contributed by atoms with Gasteiger partial charge in [0.25, 0.3) is 11.8 Å². The molecule has 2 N–H and O–H groups in total.